The van der Waals surface area contributed by atoms with Crippen molar-refractivity contribution in [3.63, 3.8) is 0 Å². The Kier molecular flexibility index (Phi) is 2.82. The van der Waals surface area contributed by atoms with Crippen molar-refractivity contribution >= 4 is 6.08 Å². The van der Waals surface area contributed by atoms with E-state index < -0.39 is 4.92 Å². The van der Waals surface area contributed by atoms with E-state index in [0.29, 0.717) is 11.5 Å². The first-order valence-electron chi connectivity index (χ1n) is 3.46. The van der Waals surface area contributed by atoms with Crippen LogP contribution >= 0.6 is 0 Å². The summed E-state index contributed by atoms with van der Waals surface area (Å²) in [5.41, 5.74) is 0. The predicted molar refractivity (Wildman–Crippen MR) is 45.0 cm³/mol. The summed E-state index contributed by atoms with van der Waals surface area (Å²) in [4.78, 5) is 12.5. The highest BCUT2D eigenvalue weighted by Crippen LogP contribution is 2.10. The van der Waals surface area contributed by atoms with Crippen LogP contribution in [0.5, 0.6) is 0 Å². The average molecular weight is 178 g/mol. The molecule has 1 heterocycles. The lowest BCUT2D eigenvalue weighted by atomic mass is 10.4. The summed E-state index contributed by atoms with van der Waals surface area (Å²) in [5.74, 6) is 0.897. The van der Waals surface area contributed by atoms with Crippen molar-refractivity contribution in [2.75, 3.05) is 0 Å². The van der Waals surface area contributed by atoms with Gasteiger partial charge in [0.25, 0.3) is 6.54 Å². The largest absolute Gasteiger partial charge is 0.454 e. The third-order valence-corrected chi connectivity index (χ3v) is 1.28. The SMILES string of the molecule is [C-]#[N+]Cc1ccc(/C=C/[N+](=O)[O-])o1. The van der Waals surface area contributed by atoms with Crippen molar-refractivity contribution in [3.8, 4) is 0 Å². The van der Waals surface area contributed by atoms with E-state index in [9.17, 15) is 10.1 Å². The third-order valence-electron chi connectivity index (χ3n) is 1.28. The molecule has 1 rings (SSSR count). The minimum atomic E-state index is -0.572. The third kappa shape index (κ3) is 2.79. The van der Waals surface area contributed by atoms with Gasteiger partial charge in [0.05, 0.1) is 11.0 Å². The Hall–Kier alpha value is -2.09. The van der Waals surface area contributed by atoms with Crippen LogP contribution in [0.3, 0.4) is 0 Å². The Morgan fingerprint density at radius 3 is 3.08 bits per heavy atom. The maximum absolute atomic E-state index is 9.93. The van der Waals surface area contributed by atoms with Gasteiger partial charge in [-0.05, 0) is 12.1 Å². The molecule has 0 N–H and O–H groups in total. The Balaban J connectivity index is 2.70. The summed E-state index contributed by atoms with van der Waals surface area (Å²) >= 11 is 0. The molecule has 0 aromatic carbocycles. The fourth-order valence-corrected chi connectivity index (χ4v) is 0.781. The summed E-state index contributed by atoms with van der Waals surface area (Å²) in [6.45, 7) is 6.72. The molecule has 0 aliphatic carbocycles. The lowest BCUT2D eigenvalue weighted by Gasteiger charge is -1.82. The van der Waals surface area contributed by atoms with Crippen LogP contribution in [0.15, 0.2) is 22.7 Å². The number of nitrogens with zero attached hydrogens (tertiary/aromatic N) is 2. The summed E-state index contributed by atoms with van der Waals surface area (Å²) in [7, 11) is 0. The molecule has 5 nitrogen and oxygen atoms in total. The molecule has 5 heteroatoms. The average Bonchev–Trinajstić information content (AvgIpc) is 2.50. The highest BCUT2D eigenvalue weighted by molar-refractivity contribution is 5.41. The van der Waals surface area contributed by atoms with Crippen LogP contribution in [-0.4, -0.2) is 4.92 Å². The predicted octanol–water partition coefficient (Wildman–Crippen LogP) is 1.95. The molecule has 0 bridgehead atoms. The molecule has 1 aromatic rings. The summed E-state index contributed by atoms with van der Waals surface area (Å²) in [5, 5.41) is 9.93. The van der Waals surface area contributed by atoms with Gasteiger partial charge in [-0.2, -0.15) is 0 Å². The summed E-state index contributed by atoms with van der Waals surface area (Å²) < 4.78 is 5.07. The lowest BCUT2D eigenvalue weighted by Crippen LogP contribution is -1.81. The van der Waals surface area contributed by atoms with Gasteiger partial charge < -0.3 is 9.26 Å². The zero-order valence-corrected chi connectivity index (χ0v) is 6.64. The van der Waals surface area contributed by atoms with Crippen molar-refractivity contribution in [1.29, 1.82) is 0 Å². The number of hydrogen-bond acceptors (Lipinski definition) is 3. The van der Waals surface area contributed by atoms with Crippen LogP contribution in [0.2, 0.25) is 0 Å². The van der Waals surface area contributed by atoms with E-state index in [4.69, 9.17) is 11.0 Å². The van der Waals surface area contributed by atoms with Crippen LogP contribution in [-0.2, 0) is 6.54 Å². The number of rotatable bonds is 3. The van der Waals surface area contributed by atoms with Gasteiger partial charge in [0.2, 0.25) is 6.20 Å². The maximum Gasteiger partial charge on any atom is 0.271 e. The molecule has 13 heavy (non-hydrogen) atoms. The monoisotopic (exact) mass is 178 g/mol. The molecule has 0 spiro atoms. The topological polar surface area (TPSA) is 60.6 Å². The van der Waals surface area contributed by atoms with Gasteiger partial charge in [-0.3, -0.25) is 10.1 Å². The van der Waals surface area contributed by atoms with Crippen molar-refractivity contribution in [1.82, 2.24) is 0 Å². The molecular formula is C8H6N2O3. The second-order valence-corrected chi connectivity index (χ2v) is 2.22. The fraction of sp³-hybridized carbons (Fsp3) is 0.125. The van der Waals surface area contributed by atoms with Crippen molar-refractivity contribution < 1.29 is 9.34 Å². The van der Waals surface area contributed by atoms with Crippen LogP contribution < -0.4 is 0 Å². The van der Waals surface area contributed by atoms with E-state index in [1.807, 2.05) is 0 Å². The first-order valence-corrected chi connectivity index (χ1v) is 3.46. The van der Waals surface area contributed by atoms with E-state index in [-0.39, 0.29) is 6.54 Å². The number of furan rings is 1. The molecule has 0 aliphatic heterocycles. The second-order valence-electron chi connectivity index (χ2n) is 2.22. The Morgan fingerprint density at radius 1 is 1.69 bits per heavy atom. The first-order chi connectivity index (χ1) is 6.22. The second kappa shape index (κ2) is 4.07. The molecule has 0 radical (unpaired) electrons. The Morgan fingerprint density at radius 2 is 2.46 bits per heavy atom. The van der Waals surface area contributed by atoms with E-state index in [1.165, 1.54) is 6.08 Å². The van der Waals surface area contributed by atoms with Crippen molar-refractivity contribution in [2.24, 2.45) is 0 Å². The van der Waals surface area contributed by atoms with Gasteiger partial charge in [-0.15, -0.1) is 0 Å². The van der Waals surface area contributed by atoms with E-state index in [0.717, 1.165) is 6.20 Å². The summed E-state index contributed by atoms with van der Waals surface area (Å²) in [6.07, 6.45) is 2.04. The summed E-state index contributed by atoms with van der Waals surface area (Å²) in [6, 6.07) is 3.21. The van der Waals surface area contributed by atoms with Gasteiger partial charge in [0, 0.05) is 0 Å². The minimum Gasteiger partial charge on any atom is -0.454 e. The molecule has 1 aromatic heterocycles. The Labute approximate surface area is 74.3 Å². The zero-order valence-electron chi connectivity index (χ0n) is 6.64. The molecule has 0 saturated carbocycles. The van der Waals surface area contributed by atoms with E-state index in [2.05, 4.69) is 4.85 Å². The van der Waals surface area contributed by atoms with Crippen LogP contribution in [0.25, 0.3) is 10.9 Å². The first kappa shape index (κ1) is 9.00. The highest BCUT2D eigenvalue weighted by atomic mass is 16.6. The van der Waals surface area contributed by atoms with Gasteiger partial charge in [0.1, 0.15) is 5.76 Å². The Bertz CT molecular complexity index is 373. The molecule has 66 valence electrons. The van der Waals surface area contributed by atoms with Crippen molar-refractivity contribution in [3.05, 3.63) is 51.4 Å². The molecule has 0 atom stereocenters. The zero-order chi connectivity index (χ0) is 9.68. The molecular weight excluding hydrogens is 172 g/mol. The van der Waals surface area contributed by atoms with Crippen LogP contribution in [0, 0.1) is 16.7 Å². The van der Waals surface area contributed by atoms with Gasteiger partial charge in [0.15, 0.2) is 5.76 Å². The van der Waals surface area contributed by atoms with E-state index in [1.54, 1.807) is 12.1 Å². The maximum atomic E-state index is 9.93. The number of nitro groups is 1. The van der Waals surface area contributed by atoms with Gasteiger partial charge in [-0.1, -0.05) is 0 Å². The fourth-order valence-electron chi connectivity index (χ4n) is 0.781. The van der Waals surface area contributed by atoms with Crippen LogP contribution in [0.1, 0.15) is 11.5 Å². The lowest BCUT2D eigenvalue weighted by molar-refractivity contribution is -0.401. The quantitative estimate of drug-likeness (QED) is 0.403. The van der Waals surface area contributed by atoms with E-state index >= 15 is 0 Å². The number of hydrogen-bond donors (Lipinski definition) is 0. The van der Waals surface area contributed by atoms with Gasteiger partial charge >= 0.3 is 0 Å². The normalized spacial score (nSPS) is 10.1. The minimum absolute atomic E-state index is 0.159. The molecule has 0 unspecified atom stereocenters. The smallest absolute Gasteiger partial charge is 0.271 e. The van der Waals surface area contributed by atoms with Crippen LogP contribution in [0.4, 0.5) is 0 Å². The standard InChI is InChI=1S/C8H6N2O3/c1-9-6-8-3-2-7(13-8)4-5-10(11)12/h2-5H,6H2/b5-4+. The molecule has 0 aliphatic rings. The highest BCUT2D eigenvalue weighted by Gasteiger charge is 2.01. The molecule has 0 saturated heterocycles. The molecule has 0 fully saturated rings. The molecule has 0 amide bonds. The van der Waals surface area contributed by atoms with Gasteiger partial charge in [-0.25, -0.2) is 6.57 Å². The van der Waals surface area contributed by atoms with Crippen molar-refractivity contribution in [2.45, 2.75) is 6.54 Å².